The minimum Gasteiger partial charge on any atom is -0.317 e. The van der Waals surface area contributed by atoms with E-state index in [1.54, 1.807) is 0 Å². The number of benzene rings is 6. The van der Waals surface area contributed by atoms with Crippen LogP contribution < -0.4 is 0 Å². The van der Waals surface area contributed by atoms with Crippen LogP contribution in [0.5, 0.6) is 0 Å². The van der Waals surface area contributed by atoms with Crippen LogP contribution in [-0.4, -0.2) is 19.1 Å². The van der Waals surface area contributed by atoms with Crippen molar-refractivity contribution in [3.8, 4) is 34.2 Å². The average molecular weight is 563 g/mol. The van der Waals surface area contributed by atoms with Gasteiger partial charge >= 0.3 is 0 Å². The third-order valence-corrected chi connectivity index (χ3v) is 8.59. The van der Waals surface area contributed by atoms with E-state index in [2.05, 4.69) is 155 Å². The third-order valence-electron chi connectivity index (χ3n) is 8.59. The second-order valence-corrected chi connectivity index (χ2v) is 11.1. The van der Waals surface area contributed by atoms with Crippen LogP contribution in [0.1, 0.15) is 0 Å². The highest BCUT2D eigenvalue weighted by atomic mass is 15.2. The number of aromatic nitrogens is 4. The summed E-state index contributed by atoms with van der Waals surface area (Å²) < 4.78 is 4.51. The van der Waals surface area contributed by atoms with Crippen molar-refractivity contribution < 1.29 is 0 Å². The van der Waals surface area contributed by atoms with Crippen LogP contribution in [-0.2, 0) is 0 Å². The molecule has 9 rings (SSSR count). The van der Waals surface area contributed by atoms with E-state index in [1.165, 1.54) is 32.4 Å². The summed E-state index contributed by atoms with van der Waals surface area (Å²) in [7, 11) is 0. The Kier molecular flexibility index (Phi) is 5.47. The van der Waals surface area contributed by atoms with Crippen molar-refractivity contribution in [2.45, 2.75) is 0 Å². The molecule has 0 fully saturated rings. The Balaban J connectivity index is 1.37. The van der Waals surface area contributed by atoms with Gasteiger partial charge in [0.25, 0.3) is 0 Å². The molecule has 206 valence electrons. The smallest absolute Gasteiger partial charge is 0.235 e. The fourth-order valence-corrected chi connectivity index (χ4v) is 6.56. The zero-order chi connectivity index (χ0) is 29.0. The Morgan fingerprint density at radius 1 is 0.409 bits per heavy atom. The first kappa shape index (κ1) is 24.6. The number of para-hydroxylation sites is 2. The number of rotatable bonds is 4. The van der Waals surface area contributed by atoms with Crippen molar-refractivity contribution in [1.82, 2.24) is 19.1 Å². The fraction of sp³-hybridized carbons (Fsp3) is 0. The maximum absolute atomic E-state index is 5.23. The molecule has 6 aromatic carbocycles. The Bertz CT molecular complexity index is 2420. The van der Waals surface area contributed by atoms with Gasteiger partial charge in [0, 0.05) is 44.6 Å². The Labute approximate surface area is 254 Å². The minimum absolute atomic E-state index is 0.658. The maximum Gasteiger partial charge on any atom is 0.235 e. The second-order valence-electron chi connectivity index (χ2n) is 11.1. The standard InChI is InChI=1S/C40H26N4/c1-4-12-27(13-5-1)35-26-36(28-14-6-2-7-15-28)42-40(41-35)44-38-19-11-10-18-31(38)34-21-20-30-32-24-25-43(29-16-8-3-9-17-29)37(32)23-22-33(30)39(34)44/h1-26H. The molecule has 0 amide bonds. The average Bonchev–Trinajstić information content (AvgIpc) is 3.69. The minimum atomic E-state index is 0.658. The summed E-state index contributed by atoms with van der Waals surface area (Å²) in [5.41, 5.74) is 8.43. The van der Waals surface area contributed by atoms with Gasteiger partial charge in [0.15, 0.2) is 0 Å². The molecule has 0 radical (unpaired) electrons. The van der Waals surface area contributed by atoms with Gasteiger partial charge in [-0.15, -0.1) is 0 Å². The molecule has 0 saturated heterocycles. The first-order chi connectivity index (χ1) is 21.8. The van der Waals surface area contributed by atoms with E-state index in [-0.39, 0.29) is 0 Å². The van der Waals surface area contributed by atoms with Crippen LogP contribution in [0, 0.1) is 0 Å². The molecule has 0 saturated carbocycles. The number of hydrogen-bond donors (Lipinski definition) is 0. The fourth-order valence-electron chi connectivity index (χ4n) is 6.56. The molecule has 4 heteroatoms. The lowest BCUT2D eigenvalue weighted by Gasteiger charge is -2.13. The van der Waals surface area contributed by atoms with E-state index in [9.17, 15) is 0 Å². The van der Waals surface area contributed by atoms with Crippen molar-refractivity contribution in [3.63, 3.8) is 0 Å². The van der Waals surface area contributed by atoms with Crippen molar-refractivity contribution in [1.29, 1.82) is 0 Å². The Hall–Kier alpha value is -6.00. The number of hydrogen-bond acceptors (Lipinski definition) is 2. The van der Waals surface area contributed by atoms with Crippen molar-refractivity contribution in [3.05, 3.63) is 158 Å². The SMILES string of the molecule is c1ccc(-c2cc(-c3ccccc3)nc(-n3c4ccccc4c4ccc5c6ccn(-c7ccccc7)c6ccc5c43)n2)cc1. The number of fused-ring (bicyclic) bond motifs is 7. The van der Waals surface area contributed by atoms with Crippen LogP contribution in [0.15, 0.2) is 158 Å². The Morgan fingerprint density at radius 3 is 1.66 bits per heavy atom. The topological polar surface area (TPSA) is 35.6 Å². The molecular formula is C40H26N4. The summed E-state index contributed by atoms with van der Waals surface area (Å²) in [6, 6.07) is 53.1. The van der Waals surface area contributed by atoms with Crippen LogP contribution in [0.25, 0.3) is 77.6 Å². The maximum atomic E-state index is 5.23. The summed E-state index contributed by atoms with van der Waals surface area (Å²) in [6.45, 7) is 0. The van der Waals surface area contributed by atoms with Crippen molar-refractivity contribution in [2.24, 2.45) is 0 Å². The predicted octanol–water partition coefficient (Wildman–Crippen LogP) is 10.0. The molecule has 0 atom stereocenters. The quantitative estimate of drug-likeness (QED) is 0.214. The van der Waals surface area contributed by atoms with Crippen LogP contribution >= 0.6 is 0 Å². The van der Waals surface area contributed by atoms with Gasteiger partial charge in [0.05, 0.1) is 27.9 Å². The van der Waals surface area contributed by atoms with Gasteiger partial charge < -0.3 is 4.57 Å². The van der Waals surface area contributed by atoms with Gasteiger partial charge in [-0.3, -0.25) is 4.57 Å². The zero-order valence-electron chi connectivity index (χ0n) is 23.8. The van der Waals surface area contributed by atoms with E-state index in [0.717, 1.165) is 39.2 Å². The van der Waals surface area contributed by atoms with Crippen molar-refractivity contribution >= 4 is 43.5 Å². The molecule has 0 unspecified atom stereocenters. The lowest BCUT2D eigenvalue weighted by Crippen LogP contribution is -2.04. The zero-order valence-corrected chi connectivity index (χ0v) is 23.8. The molecule has 0 aliphatic heterocycles. The van der Waals surface area contributed by atoms with E-state index in [1.807, 2.05) is 12.1 Å². The van der Waals surface area contributed by atoms with E-state index < -0.39 is 0 Å². The summed E-state index contributed by atoms with van der Waals surface area (Å²) in [5.74, 6) is 0.658. The molecule has 9 aromatic rings. The van der Waals surface area contributed by atoms with Crippen LogP contribution in [0.4, 0.5) is 0 Å². The molecule has 0 aliphatic carbocycles. The van der Waals surface area contributed by atoms with E-state index in [4.69, 9.17) is 9.97 Å². The monoisotopic (exact) mass is 562 g/mol. The number of nitrogens with zero attached hydrogens (tertiary/aromatic N) is 4. The summed E-state index contributed by atoms with van der Waals surface area (Å²) in [6.07, 6.45) is 2.16. The van der Waals surface area contributed by atoms with Crippen LogP contribution in [0.3, 0.4) is 0 Å². The molecule has 0 bridgehead atoms. The van der Waals surface area contributed by atoms with Gasteiger partial charge in [-0.05, 0) is 41.8 Å². The molecule has 0 spiro atoms. The third kappa shape index (κ3) is 3.78. The molecular weight excluding hydrogens is 536 g/mol. The summed E-state index contributed by atoms with van der Waals surface area (Å²) in [5, 5.41) is 5.96. The lowest BCUT2D eigenvalue weighted by atomic mass is 10.0. The Morgan fingerprint density at radius 2 is 0.955 bits per heavy atom. The van der Waals surface area contributed by atoms with Crippen molar-refractivity contribution in [2.75, 3.05) is 0 Å². The highest BCUT2D eigenvalue weighted by Crippen LogP contribution is 2.39. The first-order valence-corrected chi connectivity index (χ1v) is 14.9. The van der Waals surface area contributed by atoms with Gasteiger partial charge in [0.2, 0.25) is 5.95 Å². The van der Waals surface area contributed by atoms with Crippen LogP contribution in [0.2, 0.25) is 0 Å². The van der Waals surface area contributed by atoms with Gasteiger partial charge in [-0.2, -0.15) is 0 Å². The normalized spacial score (nSPS) is 11.6. The molecule has 4 nitrogen and oxygen atoms in total. The largest absolute Gasteiger partial charge is 0.317 e. The highest BCUT2D eigenvalue weighted by Gasteiger charge is 2.20. The van der Waals surface area contributed by atoms with Gasteiger partial charge in [-0.25, -0.2) is 9.97 Å². The summed E-state index contributed by atoms with van der Waals surface area (Å²) >= 11 is 0. The highest BCUT2D eigenvalue weighted by molar-refractivity contribution is 6.22. The van der Waals surface area contributed by atoms with Gasteiger partial charge in [-0.1, -0.05) is 115 Å². The van der Waals surface area contributed by atoms with Gasteiger partial charge in [0.1, 0.15) is 0 Å². The van der Waals surface area contributed by atoms with E-state index in [0.29, 0.717) is 5.95 Å². The predicted molar refractivity (Wildman–Crippen MR) is 182 cm³/mol. The lowest BCUT2D eigenvalue weighted by molar-refractivity contribution is 0.998. The molecule has 0 N–H and O–H groups in total. The summed E-state index contributed by atoms with van der Waals surface area (Å²) in [4.78, 5) is 10.5. The van der Waals surface area contributed by atoms with E-state index >= 15 is 0 Å². The molecule has 44 heavy (non-hydrogen) atoms. The second kappa shape index (κ2) is 9.79. The molecule has 3 aromatic heterocycles. The molecule has 3 heterocycles. The first-order valence-electron chi connectivity index (χ1n) is 14.9. The molecule has 0 aliphatic rings.